The first kappa shape index (κ1) is 34.0. The number of sulfonamides is 1. The van der Waals surface area contributed by atoms with Gasteiger partial charge in [0.05, 0.1) is 15.6 Å². The maximum absolute atomic E-state index is 14.2. The topological polar surface area (TPSA) is 86.8 Å². The minimum atomic E-state index is -4.32. The van der Waals surface area contributed by atoms with Crippen LogP contribution in [0.4, 0.5) is 5.69 Å². The molecule has 42 heavy (non-hydrogen) atoms. The molecule has 0 radical (unpaired) electrons. The summed E-state index contributed by atoms with van der Waals surface area (Å²) < 4.78 is 29.0. The SMILES string of the molecule is CC[C@@H](C(=O)NC(C)(C)C)N(Cc1c(Cl)cccc1Cl)C(=O)CN(c1cc(Cl)ccc1Cl)S(=O)(=O)c1ccc(C)cc1. The molecule has 0 aliphatic carbocycles. The number of amides is 2. The predicted molar refractivity (Wildman–Crippen MR) is 171 cm³/mol. The quantitative estimate of drug-likeness (QED) is 0.241. The first-order valence-corrected chi connectivity index (χ1v) is 16.1. The molecule has 0 aromatic heterocycles. The Balaban J connectivity index is 2.16. The Bertz CT molecular complexity index is 1540. The lowest BCUT2D eigenvalue weighted by Crippen LogP contribution is -2.55. The summed E-state index contributed by atoms with van der Waals surface area (Å²) in [6.45, 7) is 8.24. The van der Waals surface area contributed by atoms with Crippen molar-refractivity contribution in [3.05, 3.63) is 91.9 Å². The number of anilines is 1. The molecular weight excluding hydrogens is 640 g/mol. The van der Waals surface area contributed by atoms with Crippen LogP contribution in [0, 0.1) is 6.92 Å². The molecule has 0 saturated carbocycles. The van der Waals surface area contributed by atoms with Gasteiger partial charge >= 0.3 is 0 Å². The summed E-state index contributed by atoms with van der Waals surface area (Å²) in [4.78, 5) is 28.9. The second kappa shape index (κ2) is 13.9. The van der Waals surface area contributed by atoms with E-state index in [-0.39, 0.29) is 33.6 Å². The third kappa shape index (κ3) is 8.32. The summed E-state index contributed by atoms with van der Waals surface area (Å²) in [5.74, 6) is -1.08. The molecule has 0 heterocycles. The fraction of sp³-hybridized carbons (Fsp3) is 0.333. The van der Waals surface area contributed by atoms with Crippen LogP contribution in [0.3, 0.4) is 0 Å². The Kier molecular flexibility index (Phi) is 11.2. The molecule has 1 N–H and O–H groups in total. The molecule has 3 rings (SSSR count). The zero-order valence-corrected chi connectivity index (χ0v) is 27.8. The van der Waals surface area contributed by atoms with Gasteiger partial charge in [0.2, 0.25) is 11.8 Å². The van der Waals surface area contributed by atoms with Crippen LogP contribution in [-0.2, 0) is 26.2 Å². The minimum Gasteiger partial charge on any atom is -0.350 e. The van der Waals surface area contributed by atoms with Crippen molar-refractivity contribution in [2.45, 2.75) is 64.1 Å². The Morgan fingerprint density at radius 2 is 1.50 bits per heavy atom. The van der Waals surface area contributed by atoms with Crippen molar-refractivity contribution in [3.8, 4) is 0 Å². The van der Waals surface area contributed by atoms with Crippen molar-refractivity contribution >= 4 is 73.9 Å². The average Bonchev–Trinajstić information content (AvgIpc) is 2.89. The number of aryl methyl sites for hydroxylation is 1. The Morgan fingerprint density at radius 3 is 2.05 bits per heavy atom. The summed E-state index contributed by atoms with van der Waals surface area (Å²) in [7, 11) is -4.32. The summed E-state index contributed by atoms with van der Waals surface area (Å²) in [6, 6.07) is 14.5. The lowest BCUT2D eigenvalue weighted by Gasteiger charge is -2.35. The Hall–Kier alpha value is -2.49. The van der Waals surface area contributed by atoms with Gasteiger partial charge in [0.15, 0.2) is 0 Å². The highest BCUT2D eigenvalue weighted by molar-refractivity contribution is 7.92. The molecule has 7 nitrogen and oxygen atoms in total. The number of carbonyl (C=O) groups is 2. The van der Waals surface area contributed by atoms with E-state index in [0.717, 1.165) is 9.87 Å². The number of hydrogen-bond acceptors (Lipinski definition) is 4. The van der Waals surface area contributed by atoms with Gasteiger partial charge in [-0.05, 0) is 76.6 Å². The van der Waals surface area contributed by atoms with Crippen molar-refractivity contribution in [1.82, 2.24) is 10.2 Å². The molecule has 0 unspecified atom stereocenters. The van der Waals surface area contributed by atoms with Gasteiger partial charge < -0.3 is 10.2 Å². The van der Waals surface area contributed by atoms with Crippen LogP contribution < -0.4 is 9.62 Å². The molecular formula is C30H33Cl4N3O4S. The van der Waals surface area contributed by atoms with Gasteiger partial charge in [0.1, 0.15) is 12.6 Å². The summed E-state index contributed by atoms with van der Waals surface area (Å²) in [5.41, 5.74) is 0.706. The molecule has 0 fully saturated rings. The highest BCUT2D eigenvalue weighted by Gasteiger charge is 2.35. The molecule has 3 aromatic carbocycles. The van der Waals surface area contributed by atoms with E-state index in [4.69, 9.17) is 46.4 Å². The molecule has 3 aromatic rings. The third-order valence-electron chi connectivity index (χ3n) is 6.34. The molecule has 0 aliphatic rings. The third-order valence-corrected chi connectivity index (χ3v) is 9.38. The first-order valence-electron chi connectivity index (χ1n) is 13.1. The molecule has 0 saturated heterocycles. The molecule has 226 valence electrons. The molecule has 2 amide bonds. The normalized spacial score (nSPS) is 12.5. The number of nitrogens with zero attached hydrogens (tertiary/aromatic N) is 2. The highest BCUT2D eigenvalue weighted by Crippen LogP contribution is 2.34. The fourth-order valence-corrected chi connectivity index (χ4v) is 6.63. The van der Waals surface area contributed by atoms with E-state index >= 15 is 0 Å². The monoisotopic (exact) mass is 671 g/mol. The maximum Gasteiger partial charge on any atom is 0.264 e. The largest absolute Gasteiger partial charge is 0.350 e. The maximum atomic E-state index is 14.2. The first-order chi connectivity index (χ1) is 19.5. The van der Waals surface area contributed by atoms with E-state index in [0.29, 0.717) is 15.6 Å². The second-order valence-electron chi connectivity index (χ2n) is 10.8. The summed E-state index contributed by atoms with van der Waals surface area (Å²) in [5, 5.41) is 3.81. The van der Waals surface area contributed by atoms with Crippen LogP contribution in [0.15, 0.2) is 65.6 Å². The number of rotatable bonds is 10. The summed E-state index contributed by atoms with van der Waals surface area (Å²) >= 11 is 25.6. The minimum absolute atomic E-state index is 0.0148. The molecule has 0 spiro atoms. The van der Waals surface area contributed by atoms with E-state index in [9.17, 15) is 18.0 Å². The lowest BCUT2D eigenvalue weighted by atomic mass is 10.1. The van der Waals surface area contributed by atoms with Crippen LogP contribution in [0.2, 0.25) is 20.1 Å². The van der Waals surface area contributed by atoms with Gasteiger partial charge in [-0.3, -0.25) is 13.9 Å². The zero-order chi connectivity index (χ0) is 31.4. The number of carbonyl (C=O) groups excluding carboxylic acids is 2. The van der Waals surface area contributed by atoms with Gasteiger partial charge in [-0.15, -0.1) is 0 Å². The van der Waals surface area contributed by atoms with Gasteiger partial charge in [-0.25, -0.2) is 8.42 Å². The Labute approximate surface area is 267 Å². The Morgan fingerprint density at radius 1 is 0.905 bits per heavy atom. The van der Waals surface area contributed by atoms with E-state index in [2.05, 4.69) is 5.32 Å². The average molecular weight is 673 g/mol. The summed E-state index contributed by atoms with van der Waals surface area (Å²) in [6.07, 6.45) is 0.234. The van der Waals surface area contributed by atoms with Crippen molar-refractivity contribution in [1.29, 1.82) is 0 Å². The van der Waals surface area contributed by atoms with Crippen LogP contribution in [-0.4, -0.2) is 43.3 Å². The van der Waals surface area contributed by atoms with Crippen LogP contribution >= 0.6 is 46.4 Å². The van der Waals surface area contributed by atoms with Gasteiger partial charge in [0, 0.05) is 32.7 Å². The standard InChI is InChI=1S/C30H33Cl4N3O4S/c1-6-26(29(39)35-30(3,4)5)36(17-22-23(32)8-7-9-24(22)33)28(38)18-37(27-16-20(31)12-15-25(27)34)42(40,41)21-13-10-19(2)11-14-21/h7-16,26H,6,17-18H2,1-5H3,(H,35,39)/t26-/m0/s1. The molecule has 0 aliphatic heterocycles. The van der Waals surface area contributed by atoms with E-state index in [1.807, 2.05) is 27.7 Å². The predicted octanol–water partition coefficient (Wildman–Crippen LogP) is 7.53. The second-order valence-corrected chi connectivity index (χ2v) is 14.3. The van der Waals surface area contributed by atoms with Crippen LogP contribution in [0.1, 0.15) is 45.2 Å². The van der Waals surface area contributed by atoms with E-state index in [1.165, 1.54) is 35.2 Å². The van der Waals surface area contributed by atoms with Crippen LogP contribution in [0.5, 0.6) is 0 Å². The molecule has 0 bridgehead atoms. The number of nitrogens with one attached hydrogen (secondary N) is 1. The van der Waals surface area contributed by atoms with Crippen molar-refractivity contribution in [2.75, 3.05) is 10.8 Å². The number of hydrogen-bond donors (Lipinski definition) is 1. The van der Waals surface area contributed by atoms with Gasteiger partial charge in [-0.2, -0.15) is 0 Å². The number of benzene rings is 3. The van der Waals surface area contributed by atoms with E-state index < -0.39 is 40.0 Å². The lowest BCUT2D eigenvalue weighted by molar-refractivity contribution is -0.141. The van der Waals surface area contributed by atoms with E-state index in [1.54, 1.807) is 37.3 Å². The van der Waals surface area contributed by atoms with Crippen molar-refractivity contribution in [2.24, 2.45) is 0 Å². The fourth-order valence-electron chi connectivity index (χ4n) is 4.25. The van der Waals surface area contributed by atoms with Crippen LogP contribution in [0.25, 0.3) is 0 Å². The van der Waals surface area contributed by atoms with Gasteiger partial charge in [0.25, 0.3) is 10.0 Å². The molecule has 1 atom stereocenters. The van der Waals surface area contributed by atoms with Crippen molar-refractivity contribution < 1.29 is 18.0 Å². The van der Waals surface area contributed by atoms with Gasteiger partial charge in [-0.1, -0.05) is 77.1 Å². The van der Waals surface area contributed by atoms with Crippen molar-refractivity contribution in [3.63, 3.8) is 0 Å². The smallest absolute Gasteiger partial charge is 0.264 e. The highest BCUT2D eigenvalue weighted by atomic mass is 35.5. The molecule has 12 heteroatoms. The zero-order valence-electron chi connectivity index (χ0n) is 23.9. The number of halogens is 4.